The Morgan fingerprint density at radius 1 is 1.29 bits per heavy atom. The molecule has 0 unspecified atom stereocenters. The summed E-state index contributed by atoms with van der Waals surface area (Å²) in [7, 11) is 3.26. The molecular weight excluding hydrogens is 284 g/mol. The molecule has 0 bridgehead atoms. The lowest BCUT2D eigenvalue weighted by Gasteiger charge is -2.02. The van der Waals surface area contributed by atoms with Crippen molar-refractivity contribution < 1.29 is 9.53 Å². The average Bonchev–Trinajstić information content (AvgIpc) is 3.00. The van der Waals surface area contributed by atoms with Crippen molar-refractivity contribution in [3.63, 3.8) is 0 Å². The zero-order valence-corrected chi connectivity index (χ0v) is 12.7. The normalized spacial score (nSPS) is 11.1. The van der Waals surface area contributed by atoms with Crippen LogP contribution in [0.1, 0.15) is 20.2 Å². The monoisotopic (exact) mass is 300 g/mol. The number of amides is 1. The largest absolute Gasteiger partial charge is 0.496 e. The number of hydrogen-bond acceptors (Lipinski definition) is 4. The molecular formula is C16H16N2O2S. The molecule has 0 aliphatic rings. The van der Waals surface area contributed by atoms with Crippen LogP contribution >= 0.6 is 11.3 Å². The van der Waals surface area contributed by atoms with E-state index in [1.54, 1.807) is 20.4 Å². The van der Waals surface area contributed by atoms with Crippen LogP contribution in [0, 0.1) is 0 Å². The molecule has 4 nitrogen and oxygen atoms in total. The van der Waals surface area contributed by atoms with Crippen LogP contribution < -0.4 is 10.1 Å². The van der Waals surface area contributed by atoms with Crippen molar-refractivity contribution in [3.05, 3.63) is 58.1 Å². The second-order valence-corrected chi connectivity index (χ2v) is 5.16. The first-order valence-corrected chi connectivity index (χ1v) is 7.22. The van der Waals surface area contributed by atoms with Gasteiger partial charge in [0.25, 0.3) is 5.91 Å². The predicted octanol–water partition coefficient (Wildman–Crippen LogP) is 3.24. The summed E-state index contributed by atoms with van der Waals surface area (Å²) < 4.78 is 5.27. The van der Waals surface area contributed by atoms with Crippen LogP contribution in [0.5, 0.6) is 5.75 Å². The van der Waals surface area contributed by atoms with Crippen LogP contribution in [0.25, 0.3) is 12.2 Å². The molecule has 1 N–H and O–H groups in total. The van der Waals surface area contributed by atoms with Crippen LogP contribution in [-0.4, -0.2) is 25.0 Å². The number of benzene rings is 1. The van der Waals surface area contributed by atoms with E-state index in [-0.39, 0.29) is 5.91 Å². The number of methoxy groups -OCH3 is 1. The van der Waals surface area contributed by atoms with Gasteiger partial charge >= 0.3 is 0 Å². The van der Waals surface area contributed by atoms with E-state index < -0.39 is 0 Å². The van der Waals surface area contributed by atoms with Crippen LogP contribution in [0.4, 0.5) is 0 Å². The number of rotatable bonds is 5. The summed E-state index contributed by atoms with van der Waals surface area (Å²) in [6.45, 7) is 0. The molecule has 0 aliphatic heterocycles. The fourth-order valence-electron chi connectivity index (χ4n) is 1.69. The minimum Gasteiger partial charge on any atom is -0.496 e. The molecule has 0 saturated heterocycles. The van der Waals surface area contributed by atoms with Gasteiger partial charge in [-0.15, -0.1) is 11.3 Å². The molecule has 5 heteroatoms. The van der Waals surface area contributed by atoms with Crippen LogP contribution in [0.15, 0.2) is 42.6 Å². The highest BCUT2D eigenvalue weighted by Crippen LogP contribution is 2.19. The van der Waals surface area contributed by atoms with E-state index in [0.29, 0.717) is 4.88 Å². The van der Waals surface area contributed by atoms with Crippen molar-refractivity contribution in [2.24, 2.45) is 0 Å². The number of carbonyl (C=O) groups is 1. The number of ether oxygens (including phenoxy) is 1. The second kappa shape index (κ2) is 7.40. The van der Waals surface area contributed by atoms with E-state index in [4.69, 9.17) is 4.74 Å². The van der Waals surface area contributed by atoms with Gasteiger partial charge < -0.3 is 10.1 Å². The van der Waals surface area contributed by atoms with Gasteiger partial charge in [-0.3, -0.25) is 4.79 Å². The number of thiazole rings is 1. The first kappa shape index (κ1) is 15.0. The van der Waals surface area contributed by atoms with Crippen molar-refractivity contribution in [1.29, 1.82) is 0 Å². The Bertz CT molecular complexity index is 674. The molecule has 21 heavy (non-hydrogen) atoms. The van der Waals surface area contributed by atoms with Gasteiger partial charge in [0.05, 0.1) is 13.3 Å². The number of para-hydroxylation sites is 1. The zero-order chi connectivity index (χ0) is 15.1. The lowest BCUT2D eigenvalue weighted by molar-refractivity contribution is 0.0967. The van der Waals surface area contributed by atoms with E-state index in [1.165, 1.54) is 11.3 Å². The second-order valence-electron chi connectivity index (χ2n) is 4.10. The quantitative estimate of drug-likeness (QED) is 0.862. The highest BCUT2D eigenvalue weighted by molar-refractivity contribution is 7.14. The Morgan fingerprint density at radius 3 is 2.81 bits per heavy atom. The number of allylic oxidation sites excluding steroid dienone is 2. The predicted molar refractivity (Wildman–Crippen MR) is 86.6 cm³/mol. The minimum atomic E-state index is -0.114. The third-order valence-electron chi connectivity index (χ3n) is 2.74. The molecule has 0 radical (unpaired) electrons. The number of hydrogen-bond donors (Lipinski definition) is 1. The zero-order valence-electron chi connectivity index (χ0n) is 11.9. The van der Waals surface area contributed by atoms with Crippen molar-refractivity contribution in [2.45, 2.75) is 0 Å². The third kappa shape index (κ3) is 4.03. The summed E-state index contributed by atoms with van der Waals surface area (Å²) in [4.78, 5) is 16.2. The van der Waals surface area contributed by atoms with Crippen LogP contribution in [-0.2, 0) is 0 Å². The topological polar surface area (TPSA) is 51.2 Å². The maximum atomic E-state index is 11.4. The summed E-state index contributed by atoms with van der Waals surface area (Å²) in [5, 5.41) is 3.37. The summed E-state index contributed by atoms with van der Waals surface area (Å²) in [6, 6.07) is 7.79. The van der Waals surface area contributed by atoms with Crippen LogP contribution in [0.2, 0.25) is 0 Å². The highest BCUT2D eigenvalue weighted by Gasteiger charge is 2.06. The fourth-order valence-corrected chi connectivity index (χ4v) is 2.47. The maximum absolute atomic E-state index is 11.4. The smallest absolute Gasteiger partial charge is 0.262 e. The molecule has 0 atom stereocenters. The lowest BCUT2D eigenvalue weighted by Crippen LogP contribution is -2.16. The first-order chi connectivity index (χ1) is 10.2. The Balaban J connectivity index is 2.03. The van der Waals surface area contributed by atoms with Gasteiger partial charge in [0.1, 0.15) is 15.6 Å². The Kier molecular flexibility index (Phi) is 5.29. The third-order valence-corrected chi connectivity index (χ3v) is 3.70. The minimum absolute atomic E-state index is 0.114. The van der Waals surface area contributed by atoms with Gasteiger partial charge in [0.15, 0.2) is 0 Å². The van der Waals surface area contributed by atoms with E-state index in [0.717, 1.165) is 16.3 Å². The van der Waals surface area contributed by atoms with Gasteiger partial charge in [-0.1, -0.05) is 36.4 Å². The molecule has 0 fully saturated rings. The van der Waals surface area contributed by atoms with Gasteiger partial charge in [-0.2, -0.15) is 0 Å². The first-order valence-electron chi connectivity index (χ1n) is 6.40. The standard InChI is InChI=1S/C16H16N2O2S/c1-17-16(19)14-11-18-15(21-14)10-6-4-8-12-7-3-5-9-13(12)20-2/h3-11H,1-2H3,(H,17,19)/b8-4+,10-6+. The molecule has 2 rings (SSSR count). The van der Waals surface area contributed by atoms with Crippen LogP contribution in [0.3, 0.4) is 0 Å². The Hall–Kier alpha value is -2.40. The number of nitrogens with one attached hydrogen (secondary N) is 1. The SMILES string of the molecule is CNC(=O)c1cnc(/C=C/C=C/c2ccccc2OC)s1. The Morgan fingerprint density at radius 2 is 2.05 bits per heavy atom. The van der Waals surface area contributed by atoms with Crippen molar-refractivity contribution in [3.8, 4) is 5.75 Å². The van der Waals surface area contributed by atoms with E-state index in [2.05, 4.69) is 10.3 Å². The summed E-state index contributed by atoms with van der Waals surface area (Å²) >= 11 is 1.35. The number of nitrogens with zero attached hydrogens (tertiary/aromatic N) is 1. The molecule has 1 heterocycles. The van der Waals surface area contributed by atoms with Crippen molar-refractivity contribution in [2.75, 3.05) is 14.2 Å². The molecule has 1 amide bonds. The van der Waals surface area contributed by atoms with Gasteiger partial charge in [0, 0.05) is 12.6 Å². The van der Waals surface area contributed by atoms with E-state index in [9.17, 15) is 4.79 Å². The summed E-state index contributed by atoms with van der Waals surface area (Å²) in [6.07, 6.45) is 9.20. The lowest BCUT2D eigenvalue weighted by atomic mass is 10.2. The van der Waals surface area contributed by atoms with E-state index >= 15 is 0 Å². The summed E-state index contributed by atoms with van der Waals surface area (Å²) in [5.74, 6) is 0.718. The summed E-state index contributed by atoms with van der Waals surface area (Å²) in [5.41, 5.74) is 1.01. The molecule has 1 aromatic heterocycles. The van der Waals surface area contributed by atoms with E-state index in [1.807, 2.05) is 48.6 Å². The fraction of sp³-hybridized carbons (Fsp3) is 0.125. The Labute approximate surface area is 127 Å². The molecule has 108 valence electrons. The number of aromatic nitrogens is 1. The average molecular weight is 300 g/mol. The molecule has 1 aromatic carbocycles. The molecule has 0 spiro atoms. The van der Waals surface area contributed by atoms with Gasteiger partial charge in [0.2, 0.25) is 0 Å². The van der Waals surface area contributed by atoms with Crippen molar-refractivity contribution in [1.82, 2.24) is 10.3 Å². The number of carbonyl (C=O) groups excluding carboxylic acids is 1. The van der Waals surface area contributed by atoms with Gasteiger partial charge in [-0.25, -0.2) is 4.98 Å². The van der Waals surface area contributed by atoms with Gasteiger partial charge in [-0.05, 0) is 12.1 Å². The molecule has 0 saturated carbocycles. The van der Waals surface area contributed by atoms with Crippen molar-refractivity contribution >= 4 is 29.4 Å². The molecule has 2 aromatic rings. The highest BCUT2D eigenvalue weighted by atomic mass is 32.1. The molecule has 0 aliphatic carbocycles. The maximum Gasteiger partial charge on any atom is 0.262 e.